The third-order valence-electron chi connectivity index (χ3n) is 3.23. The van der Waals surface area contributed by atoms with E-state index < -0.39 is 0 Å². The maximum atomic E-state index is 4.39. The molecule has 104 valence electrons. The van der Waals surface area contributed by atoms with Gasteiger partial charge in [0.1, 0.15) is 11.0 Å². The Morgan fingerprint density at radius 1 is 1.25 bits per heavy atom. The highest BCUT2D eigenvalue weighted by molar-refractivity contribution is 7.09. The lowest BCUT2D eigenvalue weighted by Gasteiger charge is -2.20. The van der Waals surface area contributed by atoms with E-state index in [1.54, 1.807) is 11.3 Å². The Morgan fingerprint density at radius 2 is 2.10 bits per heavy atom. The van der Waals surface area contributed by atoms with Gasteiger partial charge in [0, 0.05) is 30.6 Å². The van der Waals surface area contributed by atoms with Crippen molar-refractivity contribution in [3.63, 3.8) is 0 Å². The Bertz CT molecular complexity index is 677. The Morgan fingerprint density at radius 3 is 2.90 bits per heavy atom. The summed E-state index contributed by atoms with van der Waals surface area (Å²) >= 11 is 3.00. The molecule has 20 heavy (non-hydrogen) atoms. The number of hydrogen-bond donors (Lipinski definition) is 0. The molecule has 2 heterocycles. The van der Waals surface area contributed by atoms with Gasteiger partial charge >= 0.3 is 0 Å². The molecule has 1 unspecified atom stereocenters. The van der Waals surface area contributed by atoms with Crippen molar-refractivity contribution in [3.8, 4) is 0 Å². The van der Waals surface area contributed by atoms with Gasteiger partial charge in [0.05, 0.1) is 16.7 Å². The second-order valence-corrected chi connectivity index (χ2v) is 6.51. The molecule has 0 fully saturated rings. The van der Waals surface area contributed by atoms with E-state index in [0.29, 0.717) is 5.92 Å². The van der Waals surface area contributed by atoms with Crippen LogP contribution in [0.2, 0.25) is 0 Å². The number of fused-ring (bicyclic) bond motifs is 1. The van der Waals surface area contributed by atoms with Gasteiger partial charge in [-0.05, 0) is 24.7 Å². The average molecular weight is 304 g/mol. The van der Waals surface area contributed by atoms with Gasteiger partial charge < -0.3 is 4.90 Å². The number of nitrogens with zero attached hydrogens (tertiary/aromatic N) is 4. The van der Waals surface area contributed by atoms with E-state index >= 15 is 0 Å². The minimum atomic E-state index is 0.463. The van der Waals surface area contributed by atoms with Gasteiger partial charge in [0.15, 0.2) is 0 Å². The molecule has 0 amide bonds. The maximum Gasteiger partial charge on any atom is 0.105 e. The van der Waals surface area contributed by atoms with Gasteiger partial charge in [-0.1, -0.05) is 13.0 Å². The molecule has 0 bridgehead atoms. The fourth-order valence-corrected chi connectivity index (χ4v) is 3.53. The summed E-state index contributed by atoms with van der Waals surface area (Å²) in [6.45, 7) is 4.15. The largest absolute Gasteiger partial charge is 0.301 e. The molecule has 0 aliphatic carbocycles. The normalized spacial score (nSPS) is 13.2. The van der Waals surface area contributed by atoms with E-state index in [0.717, 1.165) is 24.1 Å². The molecule has 0 radical (unpaired) electrons. The first-order chi connectivity index (χ1) is 9.72. The maximum absolute atomic E-state index is 4.39. The van der Waals surface area contributed by atoms with Crippen LogP contribution in [0.4, 0.5) is 0 Å². The number of hydrogen-bond acceptors (Lipinski definition) is 6. The first-order valence-electron chi connectivity index (χ1n) is 6.51. The van der Waals surface area contributed by atoms with Crippen molar-refractivity contribution in [2.45, 2.75) is 19.4 Å². The van der Waals surface area contributed by atoms with Crippen LogP contribution in [0, 0.1) is 0 Å². The van der Waals surface area contributed by atoms with Gasteiger partial charge in [0.25, 0.3) is 0 Å². The third kappa shape index (κ3) is 3.03. The van der Waals surface area contributed by atoms with Crippen LogP contribution in [0.1, 0.15) is 23.4 Å². The van der Waals surface area contributed by atoms with Crippen LogP contribution >= 0.6 is 23.1 Å². The van der Waals surface area contributed by atoms with E-state index in [9.17, 15) is 0 Å². The topological polar surface area (TPSA) is 41.9 Å². The fraction of sp³-hybridized carbons (Fsp3) is 0.357. The van der Waals surface area contributed by atoms with Gasteiger partial charge in [-0.15, -0.1) is 11.3 Å². The Labute approximate surface area is 126 Å². The predicted octanol–water partition coefficient (Wildman–Crippen LogP) is 3.38. The highest BCUT2D eigenvalue weighted by Crippen LogP contribution is 2.20. The summed E-state index contributed by atoms with van der Waals surface area (Å²) in [5.41, 5.74) is 3.26. The fourth-order valence-electron chi connectivity index (χ4n) is 2.33. The van der Waals surface area contributed by atoms with Gasteiger partial charge in [0.2, 0.25) is 0 Å². The second-order valence-electron chi connectivity index (χ2n) is 5.06. The van der Waals surface area contributed by atoms with Gasteiger partial charge in [-0.25, -0.2) is 4.98 Å². The number of aromatic nitrogens is 3. The minimum Gasteiger partial charge on any atom is -0.301 e. The summed E-state index contributed by atoms with van der Waals surface area (Å²) in [6, 6.07) is 6.31. The van der Waals surface area contributed by atoms with Crippen LogP contribution in [0.15, 0.2) is 29.8 Å². The molecule has 0 N–H and O–H groups in total. The molecular weight excluding hydrogens is 288 g/mol. The molecule has 1 aromatic carbocycles. The smallest absolute Gasteiger partial charge is 0.105 e. The summed E-state index contributed by atoms with van der Waals surface area (Å²) in [6.07, 6.45) is 1.87. The number of rotatable bonds is 5. The molecule has 0 saturated carbocycles. The van der Waals surface area contributed by atoms with E-state index in [-0.39, 0.29) is 0 Å². The molecule has 3 aromatic rings. The first kappa shape index (κ1) is 13.6. The van der Waals surface area contributed by atoms with Gasteiger partial charge in [-0.2, -0.15) is 8.75 Å². The average Bonchev–Trinajstić information content (AvgIpc) is 3.09. The summed E-state index contributed by atoms with van der Waals surface area (Å²) in [5, 5.41) is 3.24. The molecule has 6 heteroatoms. The quantitative estimate of drug-likeness (QED) is 0.724. The standard InChI is InChI=1S/C14H16N4S2/c1-10(14-15-5-6-19-14)8-18(2)9-11-3-4-12-13(7-11)17-20-16-12/h3-7,10H,8-9H2,1-2H3. The summed E-state index contributed by atoms with van der Waals surface area (Å²) in [7, 11) is 2.15. The van der Waals surface area contributed by atoms with E-state index in [2.05, 4.69) is 44.7 Å². The van der Waals surface area contributed by atoms with Crippen LogP contribution < -0.4 is 0 Å². The van der Waals surface area contributed by atoms with E-state index in [1.165, 1.54) is 22.3 Å². The Kier molecular flexibility index (Phi) is 4.05. The van der Waals surface area contributed by atoms with Crippen molar-refractivity contribution in [1.82, 2.24) is 18.6 Å². The molecule has 0 aliphatic rings. The zero-order valence-electron chi connectivity index (χ0n) is 11.5. The predicted molar refractivity (Wildman–Crippen MR) is 84.3 cm³/mol. The zero-order valence-corrected chi connectivity index (χ0v) is 13.1. The van der Waals surface area contributed by atoms with Crippen LogP contribution in [0.5, 0.6) is 0 Å². The van der Waals surface area contributed by atoms with Crippen molar-refractivity contribution in [2.24, 2.45) is 0 Å². The lowest BCUT2D eigenvalue weighted by molar-refractivity contribution is 0.309. The highest BCUT2D eigenvalue weighted by Gasteiger charge is 2.11. The molecule has 2 aromatic heterocycles. The van der Waals surface area contributed by atoms with Crippen molar-refractivity contribution in [2.75, 3.05) is 13.6 Å². The molecule has 0 spiro atoms. The third-order valence-corrected chi connectivity index (χ3v) is 4.79. The van der Waals surface area contributed by atoms with E-state index in [4.69, 9.17) is 0 Å². The summed E-state index contributed by atoms with van der Waals surface area (Å²) in [5.74, 6) is 0.463. The van der Waals surface area contributed by atoms with Crippen LogP contribution in [0.3, 0.4) is 0 Å². The second kappa shape index (κ2) is 5.95. The zero-order chi connectivity index (χ0) is 13.9. The minimum absolute atomic E-state index is 0.463. The van der Waals surface area contributed by atoms with Crippen LogP contribution in [-0.2, 0) is 6.54 Å². The summed E-state index contributed by atoms with van der Waals surface area (Å²) in [4.78, 5) is 6.71. The lowest BCUT2D eigenvalue weighted by Crippen LogP contribution is -2.23. The number of benzene rings is 1. The number of likely N-dealkylation sites (N-methyl/N-ethyl adjacent to an activating group) is 1. The van der Waals surface area contributed by atoms with Crippen molar-refractivity contribution < 1.29 is 0 Å². The van der Waals surface area contributed by atoms with Crippen molar-refractivity contribution >= 4 is 34.1 Å². The summed E-state index contributed by atoms with van der Waals surface area (Å²) < 4.78 is 8.52. The van der Waals surface area contributed by atoms with E-state index in [1.807, 2.05) is 17.6 Å². The molecule has 0 aliphatic heterocycles. The van der Waals surface area contributed by atoms with Gasteiger partial charge in [-0.3, -0.25) is 0 Å². The van der Waals surface area contributed by atoms with Crippen LogP contribution in [0.25, 0.3) is 11.0 Å². The van der Waals surface area contributed by atoms with Crippen LogP contribution in [-0.4, -0.2) is 32.2 Å². The molecule has 1 atom stereocenters. The Hall–Kier alpha value is -1.37. The lowest BCUT2D eigenvalue weighted by atomic mass is 10.1. The monoisotopic (exact) mass is 304 g/mol. The molecular formula is C14H16N4S2. The number of thiazole rings is 1. The first-order valence-corrected chi connectivity index (χ1v) is 8.12. The Balaban J connectivity index is 1.64. The van der Waals surface area contributed by atoms with Crippen molar-refractivity contribution in [3.05, 3.63) is 40.3 Å². The SMILES string of the molecule is CC(CN(C)Cc1ccc2nsnc2c1)c1nccs1. The molecule has 0 saturated heterocycles. The molecule has 3 rings (SSSR count). The van der Waals surface area contributed by atoms with Crippen molar-refractivity contribution in [1.29, 1.82) is 0 Å². The highest BCUT2D eigenvalue weighted by atomic mass is 32.1. The molecule has 4 nitrogen and oxygen atoms in total.